The monoisotopic (exact) mass is 293 g/mol. The van der Waals surface area contributed by atoms with Crippen LogP contribution in [0.3, 0.4) is 0 Å². The molecule has 2 fully saturated rings. The molecule has 1 saturated carbocycles. The number of hydrogen-bond donors (Lipinski definition) is 0. The summed E-state index contributed by atoms with van der Waals surface area (Å²) in [5.74, 6) is 0.750. The molecule has 0 spiro atoms. The largest absolute Gasteiger partial charge is 0.218 e. The highest BCUT2D eigenvalue weighted by Crippen LogP contribution is 2.37. The molecule has 2 atom stereocenters. The molecule has 110 valence electrons. The fourth-order valence-corrected chi connectivity index (χ4v) is 5.67. The summed E-state index contributed by atoms with van der Waals surface area (Å²) in [6, 6.07) is 9.81. The van der Waals surface area contributed by atoms with E-state index in [1.807, 2.05) is 34.6 Å². The van der Waals surface area contributed by atoms with Crippen LogP contribution in [0.25, 0.3) is 0 Å². The number of sulfonamides is 1. The van der Waals surface area contributed by atoms with Crippen molar-refractivity contribution in [3.05, 3.63) is 35.9 Å². The highest BCUT2D eigenvalue weighted by molar-refractivity contribution is 7.88. The quantitative estimate of drug-likeness (QED) is 0.858. The van der Waals surface area contributed by atoms with Crippen molar-refractivity contribution < 1.29 is 8.42 Å². The van der Waals surface area contributed by atoms with Crippen LogP contribution in [0, 0.1) is 5.92 Å². The molecule has 0 bridgehead atoms. The minimum absolute atomic E-state index is 0.150. The lowest BCUT2D eigenvalue weighted by Crippen LogP contribution is -2.49. The Balaban J connectivity index is 1.79. The molecule has 0 amide bonds. The molecule has 2 aliphatic rings. The molecule has 1 aliphatic carbocycles. The van der Waals surface area contributed by atoms with Crippen LogP contribution in [-0.2, 0) is 15.8 Å². The molecule has 1 aromatic rings. The smallest absolute Gasteiger partial charge is 0.212 e. The maximum atomic E-state index is 12.7. The van der Waals surface area contributed by atoms with Gasteiger partial charge in [-0.25, -0.2) is 8.42 Å². The summed E-state index contributed by atoms with van der Waals surface area (Å²) in [4.78, 5) is 0. The fourth-order valence-electron chi connectivity index (χ4n) is 3.79. The normalized spacial score (nSPS) is 28.0. The Morgan fingerprint density at radius 2 is 1.70 bits per heavy atom. The average Bonchev–Trinajstić information content (AvgIpc) is 2.47. The van der Waals surface area contributed by atoms with Crippen LogP contribution in [-0.4, -0.2) is 25.3 Å². The Hall–Kier alpha value is -0.870. The standard InChI is InChI=1S/C16H23NO2S/c18-20(19,13-14-7-2-1-3-8-14)17-12-6-10-15-9-4-5-11-16(15)17/h1-3,7-8,15-16H,4-6,9-13H2. The van der Waals surface area contributed by atoms with Gasteiger partial charge in [-0.1, -0.05) is 43.2 Å². The third-order valence-corrected chi connectivity index (χ3v) is 6.61. The SMILES string of the molecule is O=S(=O)(Cc1ccccc1)N1CCCC2CCCCC21. The van der Waals surface area contributed by atoms with Crippen molar-refractivity contribution >= 4 is 10.0 Å². The lowest BCUT2D eigenvalue weighted by molar-refractivity contribution is 0.129. The van der Waals surface area contributed by atoms with E-state index in [0.29, 0.717) is 5.92 Å². The molecule has 1 saturated heterocycles. The third-order valence-electron chi connectivity index (χ3n) is 4.74. The highest BCUT2D eigenvalue weighted by atomic mass is 32.2. The number of rotatable bonds is 3. The molecule has 0 N–H and O–H groups in total. The van der Waals surface area contributed by atoms with Crippen molar-refractivity contribution in [3.63, 3.8) is 0 Å². The molecule has 0 radical (unpaired) electrons. The van der Waals surface area contributed by atoms with Crippen LogP contribution >= 0.6 is 0 Å². The minimum atomic E-state index is -3.17. The van der Waals surface area contributed by atoms with Crippen LogP contribution in [0.1, 0.15) is 44.1 Å². The minimum Gasteiger partial charge on any atom is -0.212 e. The molecule has 3 rings (SSSR count). The second-order valence-electron chi connectivity index (χ2n) is 6.11. The maximum absolute atomic E-state index is 12.7. The van der Waals surface area contributed by atoms with E-state index in [1.165, 1.54) is 25.7 Å². The lowest BCUT2D eigenvalue weighted by atomic mass is 9.79. The third kappa shape index (κ3) is 2.91. The topological polar surface area (TPSA) is 37.4 Å². The van der Waals surface area contributed by atoms with Gasteiger partial charge in [0.15, 0.2) is 0 Å². The molecular weight excluding hydrogens is 270 g/mol. The number of piperidine rings is 1. The summed E-state index contributed by atoms with van der Waals surface area (Å²) in [7, 11) is -3.17. The van der Waals surface area contributed by atoms with E-state index in [9.17, 15) is 8.42 Å². The Morgan fingerprint density at radius 3 is 2.50 bits per heavy atom. The van der Waals surface area contributed by atoms with E-state index >= 15 is 0 Å². The highest BCUT2D eigenvalue weighted by Gasteiger charge is 2.39. The van der Waals surface area contributed by atoms with Crippen LogP contribution < -0.4 is 0 Å². The predicted octanol–water partition coefficient (Wildman–Crippen LogP) is 3.17. The van der Waals surface area contributed by atoms with E-state index in [2.05, 4.69) is 0 Å². The van der Waals surface area contributed by atoms with Gasteiger partial charge in [0.2, 0.25) is 10.0 Å². The van der Waals surface area contributed by atoms with Gasteiger partial charge in [-0.15, -0.1) is 0 Å². The Labute approximate surface area is 122 Å². The molecular formula is C16H23NO2S. The summed E-state index contributed by atoms with van der Waals surface area (Å²) in [5, 5.41) is 0. The van der Waals surface area contributed by atoms with Gasteiger partial charge in [-0.05, 0) is 37.2 Å². The Morgan fingerprint density at radius 1 is 1.00 bits per heavy atom. The van der Waals surface area contributed by atoms with Crippen LogP contribution in [0.5, 0.6) is 0 Å². The van der Waals surface area contributed by atoms with E-state index in [-0.39, 0.29) is 11.8 Å². The predicted molar refractivity (Wildman–Crippen MR) is 80.8 cm³/mol. The van der Waals surface area contributed by atoms with Crippen LogP contribution in [0.15, 0.2) is 30.3 Å². The molecule has 1 aromatic carbocycles. The van der Waals surface area contributed by atoms with Crippen molar-refractivity contribution in [2.45, 2.75) is 50.3 Å². The number of hydrogen-bond acceptors (Lipinski definition) is 2. The maximum Gasteiger partial charge on any atom is 0.218 e. The van der Waals surface area contributed by atoms with Crippen molar-refractivity contribution in [2.24, 2.45) is 5.92 Å². The van der Waals surface area contributed by atoms with E-state index < -0.39 is 10.0 Å². The Bertz CT molecular complexity index is 539. The van der Waals surface area contributed by atoms with Gasteiger partial charge in [-0.2, -0.15) is 4.31 Å². The average molecular weight is 293 g/mol. The number of fused-ring (bicyclic) bond motifs is 1. The van der Waals surface area contributed by atoms with Crippen LogP contribution in [0.4, 0.5) is 0 Å². The summed E-state index contributed by atoms with van der Waals surface area (Å²) in [6.45, 7) is 0.719. The summed E-state index contributed by atoms with van der Waals surface area (Å²) < 4.78 is 27.3. The molecule has 4 heteroatoms. The molecule has 1 heterocycles. The summed E-state index contributed by atoms with van der Waals surface area (Å²) >= 11 is 0. The van der Waals surface area contributed by atoms with E-state index in [1.54, 1.807) is 0 Å². The first-order valence-corrected chi connectivity index (χ1v) is 9.31. The lowest BCUT2D eigenvalue weighted by Gasteiger charge is -2.43. The van der Waals surface area contributed by atoms with Crippen molar-refractivity contribution in [3.8, 4) is 0 Å². The van der Waals surface area contributed by atoms with Gasteiger partial charge < -0.3 is 0 Å². The zero-order chi connectivity index (χ0) is 14.0. The van der Waals surface area contributed by atoms with Crippen molar-refractivity contribution in [2.75, 3.05) is 6.54 Å². The van der Waals surface area contributed by atoms with Gasteiger partial charge >= 0.3 is 0 Å². The first kappa shape index (κ1) is 14.1. The number of nitrogens with zero attached hydrogens (tertiary/aromatic N) is 1. The summed E-state index contributed by atoms with van der Waals surface area (Å²) in [6.07, 6.45) is 6.95. The van der Waals surface area contributed by atoms with Gasteiger partial charge in [0.1, 0.15) is 0 Å². The van der Waals surface area contributed by atoms with Gasteiger partial charge in [-0.3, -0.25) is 0 Å². The summed E-state index contributed by atoms with van der Waals surface area (Å²) in [5.41, 5.74) is 0.894. The second-order valence-corrected chi connectivity index (χ2v) is 8.03. The molecule has 0 aromatic heterocycles. The Kier molecular flexibility index (Phi) is 4.13. The molecule has 2 unspecified atom stereocenters. The zero-order valence-electron chi connectivity index (χ0n) is 11.9. The van der Waals surface area contributed by atoms with E-state index in [0.717, 1.165) is 24.9 Å². The molecule has 20 heavy (non-hydrogen) atoms. The van der Waals surface area contributed by atoms with Crippen LogP contribution in [0.2, 0.25) is 0 Å². The van der Waals surface area contributed by atoms with Crippen molar-refractivity contribution in [1.82, 2.24) is 4.31 Å². The molecule has 1 aliphatic heterocycles. The first-order chi connectivity index (χ1) is 9.67. The van der Waals surface area contributed by atoms with Gasteiger partial charge in [0, 0.05) is 12.6 Å². The molecule has 3 nitrogen and oxygen atoms in total. The number of benzene rings is 1. The van der Waals surface area contributed by atoms with Crippen molar-refractivity contribution in [1.29, 1.82) is 0 Å². The fraction of sp³-hybridized carbons (Fsp3) is 0.625. The van der Waals surface area contributed by atoms with E-state index in [4.69, 9.17) is 0 Å². The van der Waals surface area contributed by atoms with Gasteiger partial charge in [0.05, 0.1) is 5.75 Å². The first-order valence-electron chi connectivity index (χ1n) is 7.70. The second kappa shape index (κ2) is 5.86. The van der Waals surface area contributed by atoms with Gasteiger partial charge in [0.25, 0.3) is 0 Å². The zero-order valence-corrected chi connectivity index (χ0v) is 12.7.